The number of hydrogen-bond acceptors (Lipinski definition) is 4. The second-order valence-corrected chi connectivity index (χ2v) is 7.07. The van der Waals surface area contributed by atoms with Gasteiger partial charge in [0, 0.05) is 12.6 Å². The summed E-state index contributed by atoms with van der Waals surface area (Å²) in [6, 6.07) is 14.8. The van der Waals surface area contributed by atoms with Crippen LogP contribution in [0.1, 0.15) is 22.8 Å². The molecule has 3 rings (SSSR count). The summed E-state index contributed by atoms with van der Waals surface area (Å²) in [5.74, 6) is 0.0300. The molecule has 0 spiro atoms. The summed E-state index contributed by atoms with van der Waals surface area (Å²) < 4.78 is 1.51. The van der Waals surface area contributed by atoms with E-state index in [1.165, 1.54) is 16.3 Å². The van der Waals surface area contributed by atoms with Gasteiger partial charge in [-0.25, -0.2) is 4.98 Å². The lowest BCUT2D eigenvalue weighted by atomic mass is 10.1. The minimum absolute atomic E-state index is 0.0300. The maximum atomic E-state index is 12.6. The van der Waals surface area contributed by atoms with Crippen LogP contribution < -0.4 is 5.56 Å². The highest BCUT2D eigenvalue weighted by Crippen LogP contribution is 2.24. The Morgan fingerprint density at radius 2 is 1.79 bits per heavy atom. The zero-order valence-corrected chi connectivity index (χ0v) is 14.6. The van der Waals surface area contributed by atoms with Crippen LogP contribution in [0.5, 0.6) is 0 Å². The minimum Gasteiger partial charge on any atom is -0.293 e. The smallest absolute Gasteiger partial charge is 0.261 e. The SMILES string of the molecule is Cc1ccc(C(=O)[C@@H](C)Sc2nc3ccccc3c(=O)n2C)cc1. The summed E-state index contributed by atoms with van der Waals surface area (Å²) in [6.45, 7) is 3.83. The molecule has 122 valence electrons. The molecule has 0 N–H and O–H groups in total. The third-order valence-electron chi connectivity index (χ3n) is 3.93. The second-order valence-electron chi connectivity index (χ2n) is 5.77. The van der Waals surface area contributed by atoms with Crippen molar-refractivity contribution in [3.05, 3.63) is 70.0 Å². The first-order valence-corrected chi connectivity index (χ1v) is 8.58. The topological polar surface area (TPSA) is 52.0 Å². The molecule has 0 aliphatic heterocycles. The van der Waals surface area contributed by atoms with Crippen LogP contribution >= 0.6 is 11.8 Å². The number of fused-ring (bicyclic) bond motifs is 1. The van der Waals surface area contributed by atoms with Gasteiger partial charge in [0.2, 0.25) is 0 Å². The number of thioether (sulfide) groups is 1. The molecule has 0 aliphatic carbocycles. The van der Waals surface area contributed by atoms with E-state index < -0.39 is 0 Å². The molecule has 5 heteroatoms. The zero-order valence-electron chi connectivity index (χ0n) is 13.8. The lowest BCUT2D eigenvalue weighted by Gasteiger charge is -2.13. The van der Waals surface area contributed by atoms with Gasteiger partial charge in [-0.2, -0.15) is 0 Å². The van der Waals surface area contributed by atoms with Crippen LogP contribution in [0.25, 0.3) is 10.9 Å². The Hall–Kier alpha value is -2.40. The number of rotatable bonds is 4. The first-order chi connectivity index (χ1) is 11.5. The van der Waals surface area contributed by atoms with Gasteiger partial charge in [0.25, 0.3) is 5.56 Å². The van der Waals surface area contributed by atoms with Crippen LogP contribution in [-0.4, -0.2) is 20.6 Å². The van der Waals surface area contributed by atoms with E-state index in [1.807, 2.05) is 56.3 Å². The number of ketones is 1. The van der Waals surface area contributed by atoms with Gasteiger partial charge in [0.1, 0.15) is 0 Å². The molecule has 1 aromatic heterocycles. The van der Waals surface area contributed by atoms with Crippen molar-refractivity contribution in [1.29, 1.82) is 0 Å². The van der Waals surface area contributed by atoms with Gasteiger partial charge >= 0.3 is 0 Å². The van der Waals surface area contributed by atoms with Crippen molar-refractivity contribution in [2.24, 2.45) is 7.05 Å². The fraction of sp³-hybridized carbons (Fsp3) is 0.211. The Morgan fingerprint density at radius 1 is 1.12 bits per heavy atom. The molecular formula is C19H18N2O2S. The van der Waals surface area contributed by atoms with Gasteiger partial charge in [-0.1, -0.05) is 53.7 Å². The lowest BCUT2D eigenvalue weighted by molar-refractivity contribution is 0.0994. The Balaban J connectivity index is 1.91. The number of benzene rings is 2. The number of Topliss-reactive ketones (excluding diaryl/α,β-unsaturated/α-hetero) is 1. The predicted molar refractivity (Wildman–Crippen MR) is 97.8 cm³/mol. The molecule has 0 saturated carbocycles. The van der Waals surface area contributed by atoms with E-state index in [0.29, 0.717) is 21.6 Å². The maximum absolute atomic E-state index is 12.6. The highest BCUT2D eigenvalue weighted by Gasteiger charge is 2.19. The number of carbonyl (C=O) groups excluding carboxylic acids is 1. The van der Waals surface area contributed by atoms with E-state index in [2.05, 4.69) is 4.98 Å². The molecule has 0 amide bonds. The van der Waals surface area contributed by atoms with Crippen molar-refractivity contribution in [3.63, 3.8) is 0 Å². The van der Waals surface area contributed by atoms with Gasteiger partial charge in [-0.15, -0.1) is 0 Å². The van der Waals surface area contributed by atoms with Crippen molar-refractivity contribution >= 4 is 28.4 Å². The van der Waals surface area contributed by atoms with Crippen LogP contribution in [0.15, 0.2) is 58.5 Å². The fourth-order valence-electron chi connectivity index (χ4n) is 2.47. The Morgan fingerprint density at radius 3 is 2.50 bits per heavy atom. The van der Waals surface area contributed by atoms with Gasteiger partial charge in [0.15, 0.2) is 10.9 Å². The number of carbonyl (C=O) groups is 1. The number of para-hydroxylation sites is 1. The fourth-order valence-corrected chi connectivity index (χ4v) is 3.42. The minimum atomic E-state index is -0.327. The van der Waals surface area contributed by atoms with E-state index >= 15 is 0 Å². The summed E-state index contributed by atoms with van der Waals surface area (Å²) in [5, 5.41) is 0.806. The molecule has 24 heavy (non-hydrogen) atoms. The molecule has 0 bridgehead atoms. The predicted octanol–water partition coefficient (Wildman–Crippen LogP) is 3.61. The summed E-state index contributed by atoms with van der Waals surface area (Å²) in [4.78, 5) is 29.6. The standard InChI is InChI=1S/C19H18N2O2S/c1-12-8-10-14(11-9-12)17(22)13(2)24-19-20-16-7-5-4-6-15(16)18(23)21(19)3/h4-11,13H,1-3H3/t13-/m1/s1. The van der Waals surface area contributed by atoms with Crippen LogP contribution in [0.4, 0.5) is 0 Å². The van der Waals surface area contributed by atoms with E-state index in [-0.39, 0.29) is 16.6 Å². The van der Waals surface area contributed by atoms with Crippen molar-refractivity contribution < 1.29 is 4.79 Å². The highest BCUT2D eigenvalue weighted by atomic mass is 32.2. The van der Waals surface area contributed by atoms with E-state index in [4.69, 9.17) is 0 Å². The quantitative estimate of drug-likeness (QED) is 0.414. The molecule has 4 nitrogen and oxygen atoms in total. The van der Waals surface area contributed by atoms with Crippen LogP contribution in [0, 0.1) is 6.92 Å². The average Bonchev–Trinajstić information content (AvgIpc) is 2.59. The number of aryl methyl sites for hydroxylation is 1. The van der Waals surface area contributed by atoms with E-state index in [0.717, 1.165) is 5.56 Å². The van der Waals surface area contributed by atoms with Gasteiger partial charge < -0.3 is 0 Å². The summed E-state index contributed by atoms with van der Waals surface area (Å²) in [7, 11) is 1.69. The third kappa shape index (κ3) is 3.12. The molecule has 0 radical (unpaired) electrons. The van der Waals surface area contributed by atoms with E-state index in [1.54, 1.807) is 13.1 Å². The summed E-state index contributed by atoms with van der Waals surface area (Å²) in [6.07, 6.45) is 0. The molecule has 2 aromatic carbocycles. The first-order valence-electron chi connectivity index (χ1n) is 7.70. The third-order valence-corrected chi connectivity index (χ3v) is 5.07. The Labute approximate surface area is 144 Å². The average molecular weight is 338 g/mol. The molecule has 1 heterocycles. The van der Waals surface area contributed by atoms with Crippen LogP contribution in [0.2, 0.25) is 0 Å². The second kappa shape index (κ2) is 6.61. The largest absolute Gasteiger partial charge is 0.293 e. The van der Waals surface area contributed by atoms with Crippen molar-refractivity contribution in [1.82, 2.24) is 9.55 Å². The molecule has 0 saturated heterocycles. The summed E-state index contributed by atoms with van der Waals surface area (Å²) in [5.41, 5.74) is 2.34. The molecule has 0 aliphatic rings. The molecule has 3 aromatic rings. The normalized spacial score (nSPS) is 12.3. The molecule has 0 unspecified atom stereocenters. The van der Waals surface area contributed by atoms with Gasteiger partial charge in [-0.3, -0.25) is 14.2 Å². The monoisotopic (exact) mass is 338 g/mol. The number of nitrogens with zero attached hydrogens (tertiary/aromatic N) is 2. The highest BCUT2D eigenvalue weighted by molar-refractivity contribution is 8.00. The number of aromatic nitrogens is 2. The maximum Gasteiger partial charge on any atom is 0.261 e. The lowest BCUT2D eigenvalue weighted by Crippen LogP contribution is -2.22. The Kier molecular flexibility index (Phi) is 4.53. The van der Waals surface area contributed by atoms with E-state index in [9.17, 15) is 9.59 Å². The van der Waals surface area contributed by atoms with Gasteiger partial charge in [-0.05, 0) is 26.0 Å². The summed E-state index contributed by atoms with van der Waals surface area (Å²) >= 11 is 1.31. The zero-order chi connectivity index (χ0) is 17.3. The number of hydrogen-bond donors (Lipinski definition) is 0. The molecule has 1 atom stereocenters. The van der Waals surface area contributed by atoms with Crippen molar-refractivity contribution in [2.45, 2.75) is 24.3 Å². The first kappa shape index (κ1) is 16.5. The van der Waals surface area contributed by atoms with Crippen LogP contribution in [0.3, 0.4) is 0 Å². The van der Waals surface area contributed by atoms with Gasteiger partial charge in [0.05, 0.1) is 16.2 Å². The Bertz CT molecular complexity index is 961. The van der Waals surface area contributed by atoms with Crippen molar-refractivity contribution in [2.75, 3.05) is 0 Å². The molecular weight excluding hydrogens is 320 g/mol. The van der Waals surface area contributed by atoms with Crippen LogP contribution in [-0.2, 0) is 7.05 Å². The molecule has 0 fully saturated rings. The van der Waals surface area contributed by atoms with Crippen molar-refractivity contribution in [3.8, 4) is 0 Å².